The fourth-order valence-electron chi connectivity index (χ4n) is 0.765. The molecule has 0 fully saturated rings. The number of hydrogen-bond donors (Lipinski definition) is 4. The monoisotopic (exact) mass is 274 g/mol. The average molecular weight is 275 g/mol. The van der Waals surface area contributed by atoms with E-state index in [1.807, 2.05) is 0 Å². The van der Waals surface area contributed by atoms with Crippen LogP contribution in [-0.4, -0.2) is 28.3 Å². The Hall–Kier alpha value is -1.04. The lowest BCUT2D eigenvalue weighted by Crippen LogP contribution is -1.98. The summed E-state index contributed by atoms with van der Waals surface area (Å²) in [5.74, 6) is -2.22. The molecule has 0 aliphatic carbocycles. The molecule has 2 radical (unpaired) electrons. The maximum absolute atomic E-state index is 9.34. The fourth-order valence-corrected chi connectivity index (χ4v) is 0.953. The predicted molar refractivity (Wildman–Crippen MR) is 62.4 cm³/mol. The standard InChI is InChI=1S/C9H12BBrO4/c1-5(12)7(11)9(15)8(14)6(13)3-2-4-10/h12-15H,1-4H2/b8-6-,9-7-. The smallest absolute Gasteiger partial charge is 0.197 e. The van der Waals surface area contributed by atoms with Gasteiger partial charge in [-0.2, -0.15) is 0 Å². The van der Waals surface area contributed by atoms with Gasteiger partial charge in [-0.05, 0) is 15.9 Å². The van der Waals surface area contributed by atoms with Gasteiger partial charge in [-0.3, -0.25) is 0 Å². The lowest BCUT2D eigenvalue weighted by atomic mass is 9.99. The molecule has 0 atom stereocenters. The predicted octanol–water partition coefficient (Wildman–Crippen LogP) is 2.92. The molecule has 0 amide bonds. The molecule has 0 aromatic rings. The molecule has 6 heteroatoms. The number of halogens is 1. The molecule has 15 heavy (non-hydrogen) atoms. The molecular weight excluding hydrogens is 263 g/mol. The van der Waals surface area contributed by atoms with E-state index in [4.69, 9.17) is 13.0 Å². The first-order chi connectivity index (χ1) is 6.91. The molecule has 4 nitrogen and oxygen atoms in total. The summed E-state index contributed by atoms with van der Waals surface area (Å²) >= 11 is 2.79. The van der Waals surface area contributed by atoms with E-state index >= 15 is 0 Å². The zero-order valence-corrected chi connectivity index (χ0v) is 9.66. The van der Waals surface area contributed by atoms with Crippen LogP contribution in [0.4, 0.5) is 0 Å². The number of hydrogen-bond acceptors (Lipinski definition) is 4. The lowest BCUT2D eigenvalue weighted by molar-refractivity contribution is 0.273. The molecule has 0 bridgehead atoms. The summed E-state index contributed by atoms with van der Waals surface area (Å²) in [6, 6.07) is 0. The summed E-state index contributed by atoms with van der Waals surface area (Å²) in [6.07, 6.45) is 0.973. The van der Waals surface area contributed by atoms with Crippen molar-refractivity contribution in [1.29, 1.82) is 0 Å². The van der Waals surface area contributed by atoms with E-state index in [9.17, 15) is 15.3 Å². The molecule has 0 aliphatic rings. The van der Waals surface area contributed by atoms with Crippen LogP contribution >= 0.6 is 15.9 Å². The van der Waals surface area contributed by atoms with Crippen molar-refractivity contribution in [3.8, 4) is 0 Å². The third-order valence-electron chi connectivity index (χ3n) is 1.58. The van der Waals surface area contributed by atoms with Crippen LogP contribution in [0.2, 0.25) is 6.32 Å². The highest BCUT2D eigenvalue weighted by Crippen LogP contribution is 2.23. The molecule has 82 valence electrons. The third-order valence-corrected chi connectivity index (χ3v) is 2.41. The molecular formula is C9H12BBrO4. The van der Waals surface area contributed by atoms with E-state index in [0.717, 1.165) is 0 Å². The molecule has 0 rings (SSSR count). The first-order valence-electron chi connectivity index (χ1n) is 4.20. The second-order valence-corrected chi connectivity index (χ2v) is 3.59. The summed E-state index contributed by atoms with van der Waals surface area (Å²) < 4.78 is -0.181. The maximum Gasteiger partial charge on any atom is 0.197 e. The van der Waals surface area contributed by atoms with Gasteiger partial charge in [-0.15, -0.1) is 0 Å². The first-order valence-corrected chi connectivity index (χ1v) is 4.99. The second kappa shape index (κ2) is 6.45. The van der Waals surface area contributed by atoms with Crippen molar-refractivity contribution in [3.63, 3.8) is 0 Å². The summed E-state index contributed by atoms with van der Waals surface area (Å²) in [7, 11) is 5.21. The van der Waals surface area contributed by atoms with Gasteiger partial charge >= 0.3 is 0 Å². The molecule has 0 aromatic carbocycles. The molecule has 0 heterocycles. The van der Waals surface area contributed by atoms with Crippen LogP contribution in [0.5, 0.6) is 0 Å². The largest absolute Gasteiger partial charge is 0.508 e. The molecule has 0 aliphatic heterocycles. The normalized spacial score (nSPS) is 14.2. The maximum atomic E-state index is 9.34. The zero-order valence-electron chi connectivity index (χ0n) is 8.07. The number of aliphatic hydroxyl groups is 4. The van der Waals surface area contributed by atoms with Crippen molar-refractivity contribution in [3.05, 3.63) is 34.1 Å². The van der Waals surface area contributed by atoms with E-state index in [2.05, 4.69) is 22.5 Å². The number of allylic oxidation sites excluding steroid dienone is 2. The SMILES string of the molecule is [B]CCC/C(O)=C(O)\C(O)=C(\Br)C(=C)O. The van der Waals surface area contributed by atoms with Crippen molar-refractivity contribution in [2.75, 3.05) is 0 Å². The van der Waals surface area contributed by atoms with Gasteiger partial charge in [0.1, 0.15) is 16.0 Å². The lowest BCUT2D eigenvalue weighted by Gasteiger charge is -2.05. The molecule has 0 saturated heterocycles. The first kappa shape index (κ1) is 14.0. The zero-order chi connectivity index (χ0) is 12.0. The van der Waals surface area contributed by atoms with Crippen LogP contribution in [0.15, 0.2) is 34.1 Å². The fraction of sp³-hybridized carbons (Fsp3) is 0.333. The van der Waals surface area contributed by atoms with E-state index in [0.29, 0.717) is 12.7 Å². The van der Waals surface area contributed by atoms with Gasteiger partial charge in [0.25, 0.3) is 0 Å². The Kier molecular flexibility index (Phi) is 6.00. The van der Waals surface area contributed by atoms with Crippen LogP contribution in [-0.2, 0) is 0 Å². The Balaban J connectivity index is 4.89. The Labute approximate surface area is 97.8 Å². The highest BCUT2D eigenvalue weighted by molar-refractivity contribution is 9.12. The van der Waals surface area contributed by atoms with Crippen molar-refractivity contribution < 1.29 is 20.4 Å². The Bertz CT molecular complexity index is 309. The van der Waals surface area contributed by atoms with Crippen molar-refractivity contribution in [1.82, 2.24) is 0 Å². The molecule has 0 unspecified atom stereocenters. The number of aliphatic hydroxyl groups excluding tert-OH is 4. The van der Waals surface area contributed by atoms with Gasteiger partial charge in [0.2, 0.25) is 0 Å². The highest BCUT2D eigenvalue weighted by Gasteiger charge is 2.14. The van der Waals surface area contributed by atoms with Crippen LogP contribution < -0.4 is 0 Å². The summed E-state index contributed by atoms with van der Waals surface area (Å²) in [4.78, 5) is 0. The van der Waals surface area contributed by atoms with Crippen molar-refractivity contribution >= 4 is 23.8 Å². The van der Waals surface area contributed by atoms with Gasteiger partial charge in [-0.25, -0.2) is 0 Å². The van der Waals surface area contributed by atoms with Crippen molar-refractivity contribution in [2.24, 2.45) is 0 Å². The van der Waals surface area contributed by atoms with Gasteiger partial charge in [0.15, 0.2) is 11.5 Å². The van der Waals surface area contributed by atoms with Crippen LogP contribution in [0.25, 0.3) is 0 Å². The van der Waals surface area contributed by atoms with Crippen LogP contribution in [0.1, 0.15) is 12.8 Å². The average Bonchev–Trinajstić information content (AvgIpc) is 2.22. The Morgan fingerprint density at radius 1 is 1.13 bits per heavy atom. The molecule has 4 N–H and O–H groups in total. The van der Waals surface area contributed by atoms with Crippen LogP contribution in [0, 0.1) is 0 Å². The van der Waals surface area contributed by atoms with E-state index in [-0.39, 0.29) is 10.9 Å². The minimum atomic E-state index is -0.703. The second-order valence-electron chi connectivity index (χ2n) is 2.80. The Morgan fingerprint density at radius 2 is 1.67 bits per heavy atom. The van der Waals surface area contributed by atoms with E-state index < -0.39 is 23.0 Å². The van der Waals surface area contributed by atoms with E-state index in [1.54, 1.807) is 0 Å². The van der Waals surface area contributed by atoms with Gasteiger partial charge in [-0.1, -0.05) is 19.3 Å². The molecule has 0 spiro atoms. The van der Waals surface area contributed by atoms with Crippen LogP contribution in [0.3, 0.4) is 0 Å². The van der Waals surface area contributed by atoms with Crippen molar-refractivity contribution in [2.45, 2.75) is 19.2 Å². The summed E-state index contributed by atoms with van der Waals surface area (Å²) in [6.45, 7) is 3.14. The molecule has 0 aromatic heterocycles. The Morgan fingerprint density at radius 3 is 2.07 bits per heavy atom. The third kappa shape index (κ3) is 4.33. The number of rotatable bonds is 5. The van der Waals surface area contributed by atoms with Gasteiger partial charge < -0.3 is 20.4 Å². The van der Waals surface area contributed by atoms with E-state index in [1.165, 1.54) is 0 Å². The quantitative estimate of drug-likeness (QED) is 0.353. The molecule has 0 saturated carbocycles. The minimum Gasteiger partial charge on any atom is -0.508 e. The topological polar surface area (TPSA) is 80.9 Å². The van der Waals surface area contributed by atoms with Gasteiger partial charge in [0, 0.05) is 6.42 Å². The summed E-state index contributed by atoms with van der Waals surface area (Å²) in [5.41, 5.74) is 0. The highest BCUT2D eigenvalue weighted by atomic mass is 79.9. The minimum absolute atomic E-state index is 0.143. The van der Waals surface area contributed by atoms with Gasteiger partial charge in [0.05, 0.1) is 7.85 Å². The summed E-state index contributed by atoms with van der Waals surface area (Å²) in [5, 5.41) is 36.9.